The van der Waals surface area contributed by atoms with E-state index in [4.69, 9.17) is 9.26 Å². The number of hydrogen-bond donors (Lipinski definition) is 1. The SMILES string of the molecule is COc1ccc(CCNC(=O)N2CC(c3nc(C4C=CC=NC4=O)no3)C2)cc1. The Morgan fingerprint density at radius 2 is 2.10 bits per heavy atom. The molecule has 1 saturated heterocycles. The molecule has 0 spiro atoms. The van der Waals surface area contributed by atoms with Crippen LogP contribution >= 0.6 is 0 Å². The molecule has 2 aromatic rings. The van der Waals surface area contributed by atoms with Crippen molar-refractivity contribution in [1.82, 2.24) is 20.4 Å². The van der Waals surface area contributed by atoms with Crippen molar-refractivity contribution < 1.29 is 18.8 Å². The van der Waals surface area contributed by atoms with Gasteiger partial charge in [0.05, 0.1) is 13.0 Å². The van der Waals surface area contributed by atoms with E-state index in [1.807, 2.05) is 24.3 Å². The van der Waals surface area contributed by atoms with E-state index >= 15 is 0 Å². The average Bonchev–Trinajstić information content (AvgIpc) is 3.17. The maximum atomic E-state index is 12.2. The first-order valence-electron chi connectivity index (χ1n) is 9.38. The summed E-state index contributed by atoms with van der Waals surface area (Å²) in [4.78, 5) is 33.8. The Balaban J connectivity index is 1.22. The molecule has 150 valence electrons. The van der Waals surface area contributed by atoms with Crippen LogP contribution in [0.25, 0.3) is 0 Å². The van der Waals surface area contributed by atoms with Gasteiger partial charge in [-0.1, -0.05) is 23.4 Å². The van der Waals surface area contributed by atoms with E-state index in [1.54, 1.807) is 24.2 Å². The first-order valence-corrected chi connectivity index (χ1v) is 9.38. The van der Waals surface area contributed by atoms with Crippen LogP contribution in [0.1, 0.15) is 29.1 Å². The first kappa shape index (κ1) is 18.9. The van der Waals surface area contributed by atoms with Crippen LogP contribution in [0.15, 0.2) is 45.9 Å². The standard InChI is InChI=1S/C20H21N5O4/c1-28-15-6-4-13(5-7-15)8-10-22-20(27)25-11-14(12-25)19-23-17(24-29-19)16-3-2-9-21-18(16)26/h2-7,9,14,16H,8,10-12H2,1H3,(H,22,27). The second-order valence-electron chi connectivity index (χ2n) is 6.90. The third kappa shape index (κ3) is 4.18. The van der Waals surface area contributed by atoms with Crippen molar-refractivity contribution in [2.24, 2.45) is 4.99 Å². The number of rotatable bonds is 6. The van der Waals surface area contributed by atoms with Crippen molar-refractivity contribution in [1.29, 1.82) is 0 Å². The number of likely N-dealkylation sites (tertiary alicyclic amines) is 1. The number of urea groups is 1. The van der Waals surface area contributed by atoms with Crippen LogP contribution in [0.2, 0.25) is 0 Å². The van der Waals surface area contributed by atoms with E-state index in [-0.39, 0.29) is 17.9 Å². The number of methoxy groups -OCH3 is 1. The zero-order valence-corrected chi connectivity index (χ0v) is 15.9. The number of carbonyl (C=O) groups excluding carboxylic acids is 2. The van der Waals surface area contributed by atoms with Crippen LogP contribution < -0.4 is 10.1 Å². The number of amides is 3. The van der Waals surface area contributed by atoms with E-state index in [2.05, 4.69) is 20.4 Å². The highest BCUT2D eigenvalue weighted by Crippen LogP contribution is 2.27. The van der Waals surface area contributed by atoms with Crippen molar-refractivity contribution >= 4 is 18.2 Å². The molecule has 3 heterocycles. The van der Waals surface area contributed by atoms with Crippen LogP contribution in [0.3, 0.4) is 0 Å². The second-order valence-corrected chi connectivity index (χ2v) is 6.90. The molecule has 2 aliphatic heterocycles. The van der Waals surface area contributed by atoms with Gasteiger partial charge in [-0.15, -0.1) is 0 Å². The van der Waals surface area contributed by atoms with Crippen LogP contribution in [0, 0.1) is 0 Å². The minimum absolute atomic E-state index is 0.0187. The molecule has 1 fully saturated rings. The normalized spacial score (nSPS) is 18.6. The largest absolute Gasteiger partial charge is 0.497 e. The summed E-state index contributed by atoms with van der Waals surface area (Å²) in [5, 5.41) is 6.81. The summed E-state index contributed by atoms with van der Waals surface area (Å²) < 4.78 is 10.4. The molecular weight excluding hydrogens is 374 g/mol. The van der Waals surface area contributed by atoms with Gasteiger partial charge in [-0.25, -0.2) is 9.79 Å². The van der Waals surface area contributed by atoms with Gasteiger partial charge in [-0.2, -0.15) is 4.98 Å². The number of aliphatic imine (C=N–C) groups is 1. The van der Waals surface area contributed by atoms with Gasteiger partial charge in [0.1, 0.15) is 11.7 Å². The number of benzene rings is 1. The van der Waals surface area contributed by atoms with E-state index in [1.165, 1.54) is 6.21 Å². The number of allylic oxidation sites excluding steroid dienone is 1. The lowest BCUT2D eigenvalue weighted by Crippen LogP contribution is -2.52. The van der Waals surface area contributed by atoms with Crippen LogP contribution in [-0.2, 0) is 11.2 Å². The minimum Gasteiger partial charge on any atom is -0.497 e. The topological polar surface area (TPSA) is 110 Å². The van der Waals surface area contributed by atoms with Crippen LogP contribution in [0.5, 0.6) is 5.75 Å². The predicted molar refractivity (Wildman–Crippen MR) is 104 cm³/mol. The Bertz CT molecular complexity index is 944. The number of carbonyl (C=O) groups is 2. The Kier molecular flexibility index (Phi) is 5.37. The fourth-order valence-electron chi connectivity index (χ4n) is 3.19. The Morgan fingerprint density at radius 3 is 2.83 bits per heavy atom. The fraction of sp³-hybridized carbons (Fsp3) is 0.350. The van der Waals surface area contributed by atoms with E-state index in [0.717, 1.165) is 17.7 Å². The molecule has 0 radical (unpaired) electrons. The van der Waals surface area contributed by atoms with E-state index < -0.39 is 5.92 Å². The molecule has 0 aliphatic carbocycles. The smallest absolute Gasteiger partial charge is 0.317 e. The summed E-state index contributed by atoms with van der Waals surface area (Å²) in [6.07, 6.45) is 5.55. The molecule has 1 aromatic carbocycles. The number of nitrogens with one attached hydrogen (secondary N) is 1. The van der Waals surface area contributed by atoms with Gasteiger partial charge < -0.3 is 19.5 Å². The lowest BCUT2D eigenvalue weighted by atomic mass is 10.0. The third-order valence-corrected chi connectivity index (χ3v) is 4.96. The van der Waals surface area contributed by atoms with E-state index in [9.17, 15) is 9.59 Å². The monoisotopic (exact) mass is 395 g/mol. The quantitative estimate of drug-likeness (QED) is 0.797. The molecule has 9 heteroatoms. The molecule has 4 rings (SSSR count). The Morgan fingerprint density at radius 1 is 1.31 bits per heavy atom. The summed E-state index contributed by atoms with van der Waals surface area (Å²) in [5.74, 6) is 0.625. The number of dihydropyridines is 1. The lowest BCUT2D eigenvalue weighted by molar-refractivity contribution is -0.118. The molecule has 0 bridgehead atoms. The van der Waals surface area contributed by atoms with Crippen molar-refractivity contribution in [3.63, 3.8) is 0 Å². The fourth-order valence-corrected chi connectivity index (χ4v) is 3.19. The Labute approximate surface area is 167 Å². The van der Waals surface area contributed by atoms with E-state index in [0.29, 0.717) is 31.3 Å². The number of aromatic nitrogens is 2. The zero-order valence-electron chi connectivity index (χ0n) is 15.9. The summed E-state index contributed by atoms with van der Waals surface area (Å²) in [5.41, 5.74) is 1.13. The molecule has 1 N–H and O–H groups in total. The Hall–Kier alpha value is -3.49. The average molecular weight is 395 g/mol. The summed E-state index contributed by atoms with van der Waals surface area (Å²) in [7, 11) is 1.63. The lowest BCUT2D eigenvalue weighted by Gasteiger charge is -2.36. The number of ether oxygens (including phenoxy) is 1. The summed E-state index contributed by atoms with van der Waals surface area (Å²) in [6, 6.07) is 7.65. The molecule has 9 nitrogen and oxygen atoms in total. The number of nitrogens with zero attached hydrogens (tertiary/aromatic N) is 4. The van der Waals surface area contributed by atoms with Crippen LogP contribution in [-0.4, -0.2) is 59.9 Å². The number of hydrogen-bond acceptors (Lipinski definition) is 6. The molecule has 2 aliphatic rings. The summed E-state index contributed by atoms with van der Waals surface area (Å²) >= 11 is 0. The highest BCUT2D eigenvalue weighted by Gasteiger charge is 2.36. The molecule has 1 unspecified atom stereocenters. The minimum atomic E-state index is -0.602. The van der Waals surface area contributed by atoms with Gasteiger partial charge in [0.2, 0.25) is 5.89 Å². The van der Waals surface area contributed by atoms with Gasteiger partial charge in [-0.3, -0.25) is 4.79 Å². The van der Waals surface area contributed by atoms with Gasteiger partial charge >= 0.3 is 6.03 Å². The third-order valence-electron chi connectivity index (χ3n) is 4.96. The molecular formula is C20H21N5O4. The molecule has 1 atom stereocenters. The van der Waals surface area contributed by atoms with Gasteiger partial charge in [0, 0.05) is 25.8 Å². The van der Waals surface area contributed by atoms with Crippen LogP contribution in [0.4, 0.5) is 4.79 Å². The highest BCUT2D eigenvalue weighted by molar-refractivity contribution is 5.96. The van der Waals surface area contributed by atoms with Crippen molar-refractivity contribution in [2.45, 2.75) is 18.3 Å². The van der Waals surface area contributed by atoms with Crippen molar-refractivity contribution in [2.75, 3.05) is 26.7 Å². The highest BCUT2D eigenvalue weighted by atomic mass is 16.5. The maximum Gasteiger partial charge on any atom is 0.317 e. The van der Waals surface area contributed by atoms with Gasteiger partial charge in [-0.05, 0) is 30.2 Å². The predicted octanol–water partition coefficient (Wildman–Crippen LogP) is 1.68. The molecule has 0 saturated carbocycles. The zero-order chi connectivity index (χ0) is 20.2. The van der Waals surface area contributed by atoms with Gasteiger partial charge in [0.25, 0.3) is 5.91 Å². The molecule has 1 aromatic heterocycles. The second kappa shape index (κ2) is 8.26. The molecule has 3 amide bonds. The maximum absolute atomic E-state index is 12.2. The molecule has 29 heavy (non-hydrogen) atoms. The van der Waals surface area contributed by atoms with Crippen molar-refractivity contribution in [3.8, 4) is 5.75 Å². The van der Waals surface area contributed by atoms with Gasteiger partial charge in [0.15, 0.2) is 5.82 Å². The summed E-state index contributed by atoms with van der Waals surface area (Å²) in [6.45, 7) is 1.55. The first-order chi connectivity index (χ1) is 14.1. The van der Waals surface area contributed by atoms with Crippen molar-refractivity contribution in [3.05, 3.63) is 53.7 Å².